The summed E-state index contributed by atoms with van der Waals surface area (Å²) in [4.78, 5) is 16.0. The highest BCUT2D eigenvalue weighted by atomic mass is 16.1. The van der Waals surface area contributed by atoms with E-state index in [1.807, 2.05) is 20.0 Å². The highest BCUT2D eigenvalue weighted by molar-refractivity contribution is 5.97. The number of Topliss-reactive ketones (excluding diaryl/α,β-unsaturated/α-hetero) is 1. The topological polar surface area (TPSA) is 47.8 Å². The van der Waals surface area contributed by atoms with E-state index in [0.717, 1.165) is 23.2 Å². The van der Waals surface area contributed by atoms with Gasteiger partial charge >= 0.3 is 0 Å². The zero-order valence-electron chi connectivity index (χ0n) is 10.1. The number of carbonyl (C=O) groups is 1. The zero-order valence-corrected chi connectivity index (χ0v) is 10.1. The minimum Gasteiger partial charge on any atom is -0.294 e. The number of ketones is 1. The van der Waals surface area contributed by atoms with Crippen molar-refractivity contribution in [3.63, 3.8) is 0 Å². The summed E-state index contributed by atoms with van der Waals surface area (Å²) < 4.78 is 1.80. The van der Waals surface area contributed by atoms with Gasteiger partial charge in [-0.3, -0.25) is 14.5 Å². The van der Waals surface area contributed by atoms with Gasteiger partial charge in [-0.25, -0.2) is 0 Å². The van der Waals surface area contributed by atoms with Gasteiger partial charge in [-0.2, -0.15) is 5.10 Å². The maximum absolute atomic E-state index is 12.0. The van der Waals surface area contributed by atoms with E-state index in [1.165, 1.54) is 0 Å². The number of hydrogen-bond donors (Lipinski definition) is 0. The molecule has 0 atom stereocenters. The second-order valence-electron chi connectivity index (χ2n) is 4.06. The summed E-state index contributed by atoms with van der Waals surface area (Å²) in [6.07, 6.45) is 6.35. The van der Waals surface area contributed by atoms with Gasteiger partial charge in [0.2, 0.25) is 0 Å². The lowest BCUT2D eigenvalue weighted by atomic mass is 10.0. The van der Waals surface area contributed by atoms with Gasteiger partial charge in [0, 0.05) is 43.3 Å². The zero-order chi connectivity index (χ0) is 12.3. The molecule has 0 aliphatic carbocycles. The minimum atomic E-state index is 0.158. The van der Waals surface area contributed by atoms with Crippen LogP contribution in [0, 0.1) is 6.92 Å². The first-order chi connectivity index (χ1) is 8.18. The van der Waals surface area contributed by atoms with Crippen molar-refractivity contribution >= 4 is 5.78 Å². The summed E-state index contributed by atoms with van der Waals surface area (Å²) in [5.74, 6) is 0.158. The van der Waals surface area contributed by atoms with Crippen LogP contribution in [0.25, 0.3) is 0 Å². The van der Waals surface area contributed by atoms with Gasteiger partial charge in [-0.15, -0.1) is 0 Å². The Hall–Kier alpha value is -1.97. The van der Waals surface area contributed by atoms with E-state index in [2.05, 4.69) is 10.1 Å². The third-order valence-electron chi connectivity index (χ3n) is 2.85. The normalized spacial score (nSPS) is 10.5. The number of hydrogen-bond acceptors (Lipinski definition) is 3. The SMILES string of the molecule is Cc1cnccc1C(=O)CCc1ccnn1C. The average molecular weight is 229 g/mol. The second kappa shape index (κ2) is 4.91. The van der Waals surface area contributed by atoms with E-state index in [9.17, 15) is 4.79 Å². The van der Waals surface area contributed by atoms with E-state index < -0.39 is 0 Å². The lowest BCUT2D eigenvalue weighted by molar-refractivity contribution is 0.0981. The summed E-state index contributed by atoms with van der Waals surface area (Å²) in [7, 11) is 1.89. The number of aromatic nitrogens is 3. The van der Waals surface area contributed by atoms with Crippen LogP contribution in [0.2, 0.25) is 0 Å². The molecule has 0 saturated carbocycles. The highest BCUT2D eigenvalue weighted by Crippen LogP contribution is 2.10. The maximum Gasteiger partial charge on any atom is 0.163 e. The molecule has 0 bridgehead atoms. The van der Waals surface area contributed by atoms with Crippen LogP contribution in [0.4, 0.5) is 0 Å². The van der Waals surface area contributed by atoms with Crippen LogP contribution in [0.3, 0.4) is 0 Å². The minimum absolute atomic E-state index is 0.158. The molecular formula is C13H15N3O. The Morgan fingerprint density at radius 2 is 2.18 bits per heavy atom. The number of aryl methyl sites for hydroxylation is 3. The number of rotatable bonds is 4. The van der Waals surface area contributed by atoms with Crippen LogP contribution in [0.15, 0.2) is 30.7 Å². The number of nitrogens with zero attached hydrogens (tertiary/aromatic N) is 3. The highest BCUT2D eigenvalue weighted by Gasteiger charge is 2.09. The second-order valence-corrected chi connectivity index (χ2v) is 4.06. The quantitative estimate of drug-likeness (QED) is 0.753. The van der Waals surface area contributed by atoms with Crippen molar-refractivity contribution in [2.24, 2.45) is 7.05 Å². The van der Waals surface area contributed by atoms with Crippen molar-refractivity contribution in [2.45, 2.75) is 19.8 Å². The molecule has 0 saturated heterocycles. The van der Waals surface area contributed by atoms with Gasteiger partial charge in [-0.05, 0) is 31.0 Å². The molecule has 0 aromatic carbocycles. The smallest absolute Gasteiger partial charge is 0.163 e. The monoisotopic (exact) mass is 229 g/mol. The van der Waals surface area contributed by atoms with Gasteiger partial charge in [0.05, 0.1) is 0 Å². The fourth-order valence-corrected chi connectivity index (χ4v) is 1.81. The lowest BCUT2D eigenvalue weighted by Gasteiger charge is -2.04. The summed E-state index contributed by atoms with van der Waals surface area (Å²) in [6, 6.07) is 3.72. The fourth-order valence-electron chi connectivity index (χ4n) is 1.81. The van der Waals surface area contributed by atoms with E-state index in [-0.39, 0.29) is 5.78 Å². The molecule has 2 rings (SSSR count). The van der Waals surface area contributed by atoms with E-state index in [0.29, 0.717) is 6.42 Å². The molecule has 0 unspecified atom stereocenters. The first kappa shape index (κ1) is 11.5. The third-order valence-corrected chi connectivity index (χ3v) is 2.85. The molecule has 88 valence electrons. The Morgan fingerprint density at radius 1 is 1.35 bits per heavy atom. The Bertz CT molecular complexity index is 531. The fraction of sp³-hybridized carbons (Fsp3) is 0.308. The standard InChI is InChI=1S/C13H15N3O/c1-10-9-14-7-6-12(10)13(17)4-3-11-5-8-15-16(11)2/h5-9H,3-4H2,1-2H3. The van der Waals surface area contributed by atoms with E-state index in [1.54, 1.807) is 29.3 Å². The Kier molecular flexibility index (Phi) is 3.32. The van der Waals surface area contributed by atoms with Gasteiger partial charge < -0.3 is 0 Å². The number of pyridine rings is 1. The Labute approximate surface area is 100 Å². The van der Waals surface area contributed by atoms with Gasteiger partial charge in [0.15, 0.2) is 5.78 Å². The predicted octanol–water partition coefficient (Wildman–Crippen LogP) is 1.94. The Balaban J connectivity index is 2.04. The van der Waals surface area contributed by atoms with Crippen molar-refractivity contribution in [3.8, 4) is 0 Å². The van der Waals surface area contributed by atoms with Crippen molar-refractivity contribution < 1.29 is 4.79 Å². The molecule has 2 aromatic heterocycles. The molecule has 2 aromatic rings. The lowest BCUT2D eigenvalue weighted by Crippen LogP contribution is -2.06. The largest absolute Gasteiger partial charge is 0.294 e. The summed E-state index contributed by atoms with van der Waals surface area (Å²) >= 11 is 0. The third kappa shape index (κ3) is 2.58. The molecule has 0 fully saturated rings. The van der Waals surface area contributed by atoms with Crippen molar-refractivity contribution in [1.82, 2.24) is 14.8 Å². The summed E-state index contributed by atoms with van der Waals surface area (Å²) in [5.41, 5.74) is 2.77. The molecule has 0 aliphatic rings. The molecule has 0 spiro atoms. The maximum atomic E-state index is 12.0. The molecule has 0 N–H and O–H groups in total. The van der Waals surface area contributed by atoms with Crippen LogP contribution >= 0.6 is 0 Å². The van der Waals surface area contributed by atoms with Gasteiger partial charge in [0.25, 0.3) is 0 Å². The first-order valence-electron chi connectivity index (χ1n) is 5.59. The van der Waals surface area contributed by atoms with Crippen molar-refractivity contribution in [3.05, 3.63) is 47.5 Å². The van der Waals surface area contributed by atoms with Crippen LogP contribution in [-0.2, 0) is 13.5 Å². The molecule has 0 aliphatic heterocycles. The van der Waals surface area contributed by atoms with E-state index in [4.69, 9.17) is 0 Å². The predicted molar refractivity (Wildman–Crippen MR) is 64.8 cm³/mol. The molecule has 2 heterocycles. The Morgan fingerprint density at radius 3 is 2.82 bits per heavy atom. The van der Waals surface area contributed by atoms with Crippen molar-refractivity contribution in [2.75, 3.05) is 0 Å². The van der Waals surface area contributed by atoms with Gasteiger partial charge in [-0.1, -0.05) is 0 Å². The molecule has 4 heteroatoms. The van der Waals surface area contributed by atoms with Crippen molar-refractivity contribution in [1.29, 1.82) is 0 Å². The van der Waals surface area contributed by atoms with Crippen LogP contribution in [0.5, 0.6) is 0 Å². The van der Waals surface area contributed by atoms with Crippen LogP contribution in [0.1, 0.15) is 28.0 Å². The molecule has 4 nitrogen and oxygen atoms in total. The average Bonchev–Trinajstić information content (AvgIpc) is 2.72. The first-order valence-corrected chi connectivity index (χ1v) is 5.59. The molecular weight excluding hydrogens is 214 g/mol. The molecule has 0 amide bonds. The summed E-state index contributed by atoms with van der Waals surface area (Å²) in [6.45, 7) is 1.91. The van der Waals surface area contributed by atoms with Crippen LogP contribution in [-0.4, -0.2) is 20.5 Å². The number of carbonyl (C=O) groups excluding carboxylic acids is 1. The molecule has 17 heavy (non-hydrogen) atoms. The van der Waals surface area contributed by atoms with Crippen LogP contribution < -0.4 is 0 Å². The molecule has 0 radical (unpaired) electrons. The van der Waals surface area contributed by atoms with Gasteiger partial charge in [0.1, 0.15) is 0 Å². The summed E-state index contributed by atoms with van der Waals surface area (Å²) in [5, 5.41) is 4.08. The van der Waals surface area contributed by atoms with E-state index >= 15 is 0 Å².